The number of methoxy groups -OCH3 is 1. The van der Waals surface area contributed by atoms with Crippen LogP contribution in [0.25, 0.3) is 0 Å². The largest absolute Gasteiger partial charge is 0.459 e. The molecule has 0 atom stereocenters. The first-order valence-electron chi connectivity index (χ1n) is 8.00. The number of Topliss-reactive ketones (excluding diaryl/α,β-unsaturated/α-hetero) is 1. The van der Waals surface area contributed by atoms with Crippen molar-refractivity contribution in [3.8, 4) is 11.8 Å². The van der Waals surface area contributed by atoms with E-state index in [0.717, 1.165) is 5.56 Å². The second-order valence-electron chi connectivity index (χ2n) is 5.50. The summed E-state index contributed by atoms with van der Waals surface area (Å²) < 4.78 is 31.0. The molecule has 0 saturated carbocycles. The maximum atomic E-state index is 12.1. The summed E-state index contributed by atoms with van der Waals surface area (Å²) >= 11 is 0. The molecule has 0 aliphatic carbocycles. The zero-order valence-corrected chi connectivity index (χ0v) is 15.3. The van der Waals surface area contributed by atoms with E-state index in [2.05, 4.69) is 21.3 Å². The van der Waals surface area contributed by atoms with Crippen molar-refractivity contribution in [1.29, 1.82) is 0 Å². The molecule has 6 nitrogen and oxygen atoms in total. The summed E-state index contributed by atoms with van der Waals surface area (Å²) in [5, 5.41) is 0. The molecule has 0 fully saturated rings. The Hall–Kier alpha value is -2.17. The average molecular weight is 365 g/mol. The Morgan fingerprint density at radius 3 is 2.44 bits per heavy atom. The molecule has 25 heavy (non-hydrogen) atoms. The van der Waals surface area contributed by atoms with Crippen molar-refractivity contribution < 1.29 is 22.7 Å². The minimum Gasteiger partial charge on any atom is -0.459 e. The van der Waals surface area contributed by atoms with E-state index in [4.69, 9.17) is 0 Å². The molecule has 0 aliphatic heterocycles. The van der Waals surface area contributed by atoms with Gasteiger partial charge >= 0.3 is 5.97 Å². The van der Waals surface area contributed by atoms with Crippen LogP contribution < -0.4 is 4.72 Å². The van der Waals surface area contributed by atoms with Gasteiger partial charge in [-0.3, -0.25) is 4.79 Å². The molecular weight excluding hydrogens is 342 g/mol. The number of unbranched alkanes of at least 4 members (excludes halogenated alkanes) is 1. The summed E-state index contributed by atoms with van der Waals surface area (Å²) in [5.74, 6) is 4.26. The molecule has 0 saturated heterocycles. The fourth-order valence-electron chi connectivity index (χ4n) is 1.97. The summed E-state index contributed by atoms with van der Waals surface area (Å²) in [7, 11) is -2.26. The number of ether oxygens (including phenoxy) is 1. The van der Waals surface area contributed by atoms with Crippen LogP contribution in [0.15, 0.2) is 29.2 Å². The topological polar surface area (TPSA) is 89.5 Å². The number of rotatable bonds is 9. The fraction of sp³-hybridized carbons (Fsp3) is 0.444. The fourth-order valence-corrected chi connectivity index (χ4v) is 3.04. The summed E-state index contributed by atoms with van der Waals surface area (Å²) in [6.07, 6.45) is 2.13. The predicted octanol–water partition coefficient (Wildman–Crippen LogP) is 1.97. The highest BCUT2D eigenvalue weighted by molar-refractivity contribution is 7.89. The Morgan fingerprint density at radius 1 is 1.12 bits per heavy atom. The molecule has 0 heterocycles. The van der Waals surface area contributed by atoms with Crippen LogP contribution in [-0.2, 0) is 24.3 Å². The van der Waals surface area contributed by atoms with Crippen LogP contribution >= 0.6 is 0 Å². The third kappa shape index (κ3) is 8.47. The summed E-state index contributed by atoms with van der Waals surface area (Å²) in [4.78, 5) is 22.6. The molecule has 7 heteroatoms. The molecule has 0 unspecified atom stereocenters. The van der Waals surface area contributed by atoms with Gasteiger partial charge in [0.25, 0.3) is 0 Å². The second kappa shape index (κ2) is 10.6. The van der Waals surface area contributed by atoms with Crippen LogP contribution in [0.1, 0.15) is 37.7 Å². The van der Waals surface area contributed by atoms with Crippen molar-refractivity contribution in [2.75, 3.05) is 13.7 Å². The van der Waals surface area contributed by atoms with E-state index in [0.29, 0.717) is 25.7 Å². The first-order chi connectivity index (χ1) is 11.8. The first kappa shape index (κ1) is 20.9. The number of carbonyl (C=O) groups excluding carboxylic acids is 2. The molecule has 1 aromatic rings. The van der Waals surface area contributed by atoms with Gasteiger partial charge in [0.1, 0.15) is 5.78 Å². The van der Waals surface area contributed by atoms with E-state index in [1.165, 1.54) is 7.11 Å². The summed E-state index contributed by atoms with van der Waals surface area (Å²) in [6, 6.07) is 6.62. The molecule has 0 aromatic heterocycles. The van der Waals surface area contributed by atoms with Gasteiger partial charge in [0.2, 0.25) is 10.0 Å². The summed E-state index contributed by atoms with van der Waals surface area (Å²) in [6.45, 7) is 2.17. The van der Waals surface area contributed by atoms with Gasteiger partial charge in [0.15, 0.2) is 0 Å². The lowest BCUT2D eigenvalue weighted by molar-refractivity contribution is -0.133. The number of benzene rings is 1. The van der Waals surface area contributed by atoms with Gasteiger partial charge in [-0.1, -0.05) is 23.6 Å². The smallest absolute Gasteiger partial charge is 0.384 e. The number of esters is 1. The molecule has 0 bridgehead atoms. The van der Waals surface area contributed by atoms with Crippen molar-refractivity contribution >= 4 is 21.8 Å². The quantitative estimate of drug-likeness (QED) is 0.313. The Labute approximate surface area is 149 Å². The molecule has 0 spiro atoms. The highest BCUT2D eigenvalue weighted by Crippen LogP contribution is 2.10. The van der Waals surface area contributed by atoms with Gasteiger partial charge in [-0.15, -0.1) is 0 Å². The SMILES string of the molecule is COC(=O)C#CCCC(=O)CCCCNS(=O)(=O)c1ccc(C)cc1. The molecule has 1 aromatic carbocycles. The monoisotopic (exact) mass is 365 g/mol. The van der Waals surface area contributed by atoms with Crippen LogP contribution in [0.4, 0.5) is 0 Å². The Kier molecular flexibility index (Phi) is 8.89. The number of hydrogen-bond donors (Lipinski definition) is 1. The van der Waals surface area contributed by atoms with Crippen LogP contribution in [0, 0.1) is 18.8 Å². The van der Waals surface area contributed by atoms with Gasteiger partial charge < -0.3 is 4.74 Å². The lowest BCUT2D eigenvalue weighted by atomic mass is 10.1. The van der Waals surface area contributed by atoms with Gasteiger partial charge in [-0.05, 0) is 31.9 Å². The maximum Gasteiger partial charge on any atom is 0.384 e. The number of hydrogen-bond acceptors (Lipinski definition) is 5. The van der Waals surface area contributed by atoms with Crippen molar-refractivity contribution in [1.82, 2.24) is 4.72 Å². The standard InChI is InChI=1S/C18H23NO5S/c1-15-10-12-17(13-11-15)25(22,23)19-14-6-5-8-16(20)7-3-4-9-18(21)24-2/h10-13,19H,3,5-8,14H2,1-2H3. The summed E-state index contributed by atoms with van der Waals surface area (Å²) in [5.41, 5.74) is 0.994. The van der Waals surface area contributed by atoms with E-state index in [-0.39, 0.29) is 23.6 Å². The van der Waals surface area contributed by atoms with E-state index < -0.39 is 16.0 Å². The highest BCUT2D eigenvalue weighted by Gasteiger charge is 2.12. The lowest BCUT2D eigenvalue weighted by Crippen LogP contribution is -2.24. The number of ketones is 1. The Balaban J connectivity index is 2.22. The van der Waals surface area contributed by atoms with E-state index in [9.17, 15) is 18.0 Å². The minimum atomic E-state index is -3.50. The minimum absolute atomic E-state index is 0.0422. The van der Waals surface area contributed by atoms with Crippen LogP contribution in [0.5, 0.6) is 0 Å². The number of carbonyl (C=O) groups is 2. The molecule has 1 rings (SSSR count). The van der Waals surface area contributed by atoms with Crippen LogP contribution in [0.3, 0.4) is 0 Å². The number of nitrogens with one attached hydrogen (secondary N) is 1. The average Bonchev–Trinajstić information content (AvgIpc) is 2.58. The van der Waals surface area contributed by atoms with E-state index >= 15 is 0 Å². The van der Waals surface area contributed by atoms with Crippen LogP contribution in [0.2, 0.25) is 0 Å². The maximum absolute atomic E-state index is 12.1. The molecule has 0 radical (unpaired) electrons. The third-order valence-corrected chi connectivity index (χ3v) is 4.89. The van der Waals surface area contributed by atoms with Gasteiger partial charge in [0.05, 0.1) is 12.0 Å². The lowest BCUT2D eigenvalue weighted by Gasteiger charge is -2.06. The van der Waals surface area contributed by atoms with Crippen LogP contribution in [-0.4, -0.2) is 33.8 Å². The third-order valence-electron chi connectivity index (χ3n) is 3.41. The molecule has 136 valence electrons. The van der Waals surface area contributed by atoms with E-state index in [1.54, 1.807) is 24.3 Å². The normalized spacial score (nSPS) is 10.6. The molecule has 0 amide bonds. The second-order valence-corrected chi connectivity index (χ2v) is 7.27. The van der Waals surface area contributed by atoms with Gasteiger partial charge in [-0.2, -0.15) is 0 Å². The first-order valence-corrected chi connectivity index (χ1v) is 9.48. The molecular formula is C18H23NO5S. The van der Waals surface area contributed by atoms with Crippen molar-refractivity contribution in [3.05, 3.63) is 29.8 Å². The zero-order chi connectivity index (χ0) is 18.7. The highest BCUT2D eigenvalue weighted by atomic mass is 32.2. The number of aryl methyl sites for hydroxylation is 1. The predicted molar refractivity (Wildman–Crippen MR) is 94.3 cm³/mol. The van der Waals surface area contributed by atoms with Crippen molar-refractivity contribution in [3.63, 3.8) is 0 Å². The van der Waals surface area contributed by atoms with Gasteiger partial charge in [-0.25, -0.2) is 17.9 Å². The van der Waals surface area contributed by atoms with Crippen molar-refractivity contribution in [2.45, 2.75) is 43.9 Å². The molecule has 0 aliphatic rings. The van der Waals surface area contributed by atoms with Gasteiger partial charge in [0, 0.05) is 31.7 Å². The van der Waals surface area contributed by atoms with Crippen molar-refractivity contribution in [2.24, 2.45) is 0 Å². The Morgan fingerprint density at radius 2 is 1.80 bits per heavy atom. The number of sulfonamides is 1. The zero-order valence-electron chi connectivity index (χ0n) is 14.5. The Bertz CT molecular complexity index is 742. The van der Waals surface area contributed by atoms with E-state index in [1.807, 2.05) is 6.92 Å². The molecule has 1 N–H and O–H groups in total.